The van der Waals surface area contributed by atoms with Crippen molar-refractivity contribution in [2.24, 2.45) is 0 Å². The van der Waals surface area contributed by atoms with E-state index in [4.69, 9.17) is 10.2 Å². The van der Waals surface area contributed by atoms with E-state index in [2.05, 4.69) is 4.74 Å². The molecule has 0 rings (SSSR count). The van der Waals surface area contributed by atoms with Gasteiger partial charge < -0.3 is 14.9 Å². The summed E-state index contributed by atoms with van der Waals surface area (Å²) in [5.74, 6) is -3.21. The molecule has 0 aromatic rings. The van der Waals surface area contributed by atoms with Gasteiger partial charge in [-0.25, -0.2) is 4.79 Å². The molecule has 0 aliphatic rings. The van der Waals surface area contributed by atoms with Crippen LogP contribution in [-0.2, 0) is 38.6 Å². The van der Waals surface area contributed by atoms with Gasteiger partial charge in [-0.2, -0.15) is 0 Å². The van der Waals surface area contributed by atoms with Crippen molar-refractivity contribution < 1.29 is 48.8 Å². The van der Waals surface area contributed by atoms with Gasteiger partial charge >= 0.3 is 17.9 Å². The minimum absolute atomic E-state index is 0. The third-order valence-corrected chi connectivity index (χ3v) is 0.900. The Labute approximate surface area is 86.6 Å². The summed E-state index contributed by atoms with van der Waals surface area (Å²) in [4.78, 5) is 30.3. The van der Waals surface area contributed by atoms with Gasteiger partial charge in [0.2, 0.25) is 0 Å². The van der Waals surface area contributed by atoms with E-state index in [-0.39, 0.29) is 32.3 Å². The fourth-order valence-corrected chi connectivity index (χ4v) is 0.423. The van der Waals surface area contributed by atoms with Crippen LogP contribution in [0.4, 0.5) is 0 Å². The first-order chi connectivity index (χ1) is 5.52. The maximum atomic E-state index is 10.5. The first-order valence-corrected chi connectivity index (χ1v) is 3.11. The molecule has 0 atom stereocenters. The van der Waals surface area contributed by atoms with Crippen molar-refractivity contribution in [3.05, 3.63) is 0 Å². The molecular weight excluding hydrogens is 233 g/mol. The van der Waals surface area contributed by atoms with E-state index < -0.39 is 24.5 Å². The Morgan fingerprint density at radius 3 is 1.92 bits per heavy atom. The Balaban J connectivity index is 0. The molecular formula is C6H8O6Zn. The fourth-order valence-electron chi connectivity index (χ4n) is 0.423. The van der Waals surface area contributed by atoms with Gasteiger partial charge in [-0.05, 0) is 0 Å². The van der Waals surface area contributed by atoms with Crippen molar-refractivity contribution in [2.45, 2.75) is 12.8 Å². The predicted octanol–water partition coefficient (Wildman–Crippen LogP) is -0.523. The van der Waals surface area contributed by atoms with Crippen molar-refractivity contribution in [3.8, 4) is 0 Å². The number of esters is 1. The summed E-state index contributed by atoms with van der Waals surface area (Å²) in [5, 5.41) is 16.2. The molecule has 0 amide bonds. The van der Waals surface area contributed by atoms with E-state index in [0.717, 1.165) is 0 Å². The zero-order valence-corrected chi connectivity index (χ0v) is 9.82. The summed E-state index contributed by atoms with van der Waals surface area (Å²) in [6.07, 6.45) is -0.652. The molecule has 6 nitrogen and oxygen atoms in total. The van der Waals surface area contributed by atoms with Gasteiger partial charge in [0.1, 0.15) is 0 Å². The summed E-state index contributed by atoms with van der Waals surface area (Å²) in [7, 11) is 0. The Kier molecular flexibility index (Phi) is 8.59. The summed E-state index contributed by atoms with van der Waals surface area (Å²) >= 11 is 0. The van der Waals surface area contributed by atoms with Crippen molar-refractivity contribution in [3.63, 3.8) is 0 Å². The Morgan fingerprint density at radius 2 is 1.54 bits per heavy atom. The van der Waals surface area contributed by atoms with Gasteiger partial charge in [0.15, 0.2) is 6.61 Å². The molecule has 0 radical (unpaired) electrons. The molecule has 0 aromatic heterocycles. The number of ether oxygens (including phenoxy) is 1. The molecule has 0 spiro atoms. The number of rotatable bonds is 5. The van der Waals surface area contributed by atoms with Gasteiger partial charge in [-0.15, -0.1) is 0 Å². The van der Waals surface area contributed by atoms with Gasteiger partial charge in [0, 0.05) is 19.5 Å². The molecule has 0 aliphatic heterocycles. The number of hydrogen-bond donors (Lipinski definition) is 2. The second kappa shape index (κ2) is 7.67. The third kappa shape index (κ3) is 11.0. The largest absolute Gasteiger partial charge is 0.481 e. The minimum Gasteiger partial charge on any atom is -0.481 e. The van der Waals surface area contributed by atoms with Crippen molar-refractivity contribution in [1.29, 1.82) is 0 Å². The standard InChI is InChI=1S/C6H8O6.Zn/c7-4(8)1-2-6(11)12-3-5(9)10;/h1-3H2,(H,7,8)(H,9,10);. The maximum absolute atomic E-state index is 10.5. The zero-order valence-electron chi connectivity index (χ0n) is 6.86. The van der Waals surface area contributed by atoms with Gasteiger partial charge in [-0.3, -0.25) is 9.59 Å². The van der Waals surface area contributed by atoms with Crippen LogP contribution in [0.15, 0.2) is 0 Å². The predicted molar refractivity (Wildman–Crippen MR) is 35.5 cm³/mol. The van der Waals surface area contributed by atoms with Gasteiger partial charge in [-0.1, -0.05) is 0 Å². The molecule has 0 saturated carbocycles. The fraction of sp³-hybridized carbons (Fsp3) is 0.500. The number of aliphatic carboxylic acids is 2. The van der Waals surface area contributed by atoms with Crippen molar-refractivity contribution in [2.75, 3.05) is 6.61 Å². The molecule has 0 fully saturated rings. The van der Waals surface area contributed by atoms with Crippen molar-refractivity contribution >= 4 is 17.9 Å². The van der Waals surface area contributed by atoms with Crippen LogP contribution in [0, 0.1) is 0 Å². The van der Waals surface area contributed by atoms with Crippen LogP contribution in [0.5, 0.6) is 0 Å². The summed E-state index contributed by atoms with van der Waals surface area (Å²) in [6, 6.07) is 0. The molecule has 0 aromatic carbocycles. The normalized spacial score (nSPS) is 8.31. The Hall–Kier alpha value is -0.967. The minimum atomic E-state index is -1.27. The van der Waals surface area contributed by atoms with E-state index in [1.807, 2.05) is 0 Å². The number of carbonyl (C=O) groups excluding carboxylic acids is 1. The third-order valence-electron chi connectivity index (χ3n) is 0.900. The molecule has 0 aliphatic carbocycles. The molecule has 7 heteroatoms. The summed E-state index contributed by atoms with van der Waals surface area (Å²) in [6.45, 7) is -0.724. The second-order valence-corrected chi connectivity index (χ2v) is 1.95. The SMILES string of the molecule is O=C(O)CCC(=O)OCC(=O)O.[Zn]. The van der Waals surface area contributed by atoms with E-state index in [1.165, 1.54) is 0 Å². The van der Waals surface area contributed by atoms with E-state index in [1.54, 1.807) is 0 Å². The van der Waals surface area contributed by atoms with Crippen LogP contribution in [0.2, 0.25) is 0 Å². The van der Waals surface area contributed by atoms with Crippen molar-refractivity contribution in [1.82, 2.24) is 0 Å². The molecule has 0 unspecified atom stereocenters. The molecule has 0 saturated heterocycles. The number of hydrogen-bond acceptors (Lipinski definition) is 4. The van der Waals surface area contributed by atoms with Crippen LogP contribution in [-0.4, -0.2) is 34.7 Å². The van der Waals surface area contributed by atoms with Crippen LogP contribution < -0.4 is 0 Å². The first kappa shape index (κ1) is 14.6. The molecule has 2 N–H and O–H groups in total. The smallest absolute Gasteiger partial charge is 0.341 e. The van der Waals surface area contributed by atoms with Crippen LogP contribution in [0.25, 0.3) is 0 Å². The van der Waals surface area contributed by atoms with E-state index in [9.17, 15) is 14.4 Å². The Morgan fingerprint density at radius 1 is 1.00 bits per heavy atom. The molecule has 0 bridgehead atoms. The number of carboxylic acids is 2. The monoisotopic (exact) mass is 240 g/mol. The second-order valence-electron chi connectivity index (χ2n) is 1.95. The Bertz CT molecular complexity index is 181. The molecule has 70 valence electrons. The van der Waals surface area contributed by atoms with Crippen LogP contribution in [0.1, 0.15) is 12.8 Å². The first-order valence-electron chi connectivity index (χ1n) is 3.11. The quantitative estimate of drug-likeness (QED) is 0.496. The summed E-state index contributed by atoms with van der Waals surface area (Å²) < 4.78 is 4.15. The zero-order chi connectivity index (χ0) is 9.56. The van der Waals surface area contributed by atoms with Gasteiger partial charge in [0.25, 0.3) is 0 Å². The molecule has 13 heavy (non-hydrogen) atoms. The number of carbonyl (C=O) groups is 3. The van der Waals surface area contributed by atoms with E-state index in [0.29, 0.717) is 0 Å². The maximum Gasteiger partial charge on any atom is 0.341 e. The van der Waals surface area contributed by atoms with E-state index >= 15 is 0 Å². The van der Waals surface area contributed by atoms with Crippen LogP contribution in [0.3, 0.4) is 0 Å². The molecule has 0 heterocycles. The summed E-state index contributed by atoms with van der Waals surface area (Å²) in [5.41, 5.74) is 0. The average Bonchev–Trinajstić information content (AvgIpc) is 1.96. The average molecular weight is 242 g/mol. The van der Waals surface area contributed by atoms with Crippen LogP contribution >= 0.6 is 0 Å². The number of carboxylic acid groups (broad SMARTS) is 2. The topological polar surface area (TPSA) is 101 Å². The van der Waals surface area contributed by atoms with Gasteiger partial charge in [0.05, 0.1) is 12.8 Å².